The molecule has 0 aliphatic carbocycles. The van der Waals surface area contributed by atoms with E-state index in [2.05, 4.69) is 5.32 Å². The summed E-state index contributed by atoms with van der Waals surface area (Å²) in [5.74, 6) is 0.807. The standard InChI is InChI=1S/C10H15NO2/c1-11-8-9-3-2-4-10(7-9)13-6-5-12/h2-4,7,11-12H,5-6,8H2,1H3. The molecule has 3 heteroatoms. The van der Waals surface area contributed by atoms with E-state index in [1.807, 2.05) is 31.3 Å². The predicted molar refractivity (Wildman–Crippen MR) is 51.8 cm³/mol. The Balaban J connectivity index is 2.56. The van der Waals surface area contributed by atoms with Crippen LogP contribution in [0.2, 0.25) is 0 Å². The number of aliphatic hydroxyl groups excluding tert-OH is 1. The fourth-order valence-corrected chi connectivity index (χ4v) is 1.11. The van der Waals surface area contributed by atoms with Crippen molar-refractivity contribution in [1.29, 1.82) is 0 Å². The van der Waals surface area contributed by atoms with Gasteiger partial charge in [-0.15, -0.1) is 0 Å². The molecule has 72 valence electrons. The fraction of sp³-hybridized carbons (Fsp3) is 0.400. The van der Waals surface area contributed by atoms with Crippen LogP contribution in [0.5, 0.6) is 5.75 Å². The molecule has 0 aromatic heterocycles. The zero-order valence-electron chi connectivity index (χ0n) is 7.79. The molecule has 0 saturated heterocycles. The number of aliphatic hydroxyl groups is 1. The van der Waals surface area contributed by atoms with E-state index in [-0.39, 0.29) is 6.61 Å². The highest BCUT2D eigenvalue weighted by Crippen LogP contribution is 2.12. The lowest BCUT2D eigenvalue weighted by atomic mass is 10.2. The molecule has 1 aromatic rings. The molecule has 3 nitrogen and oxygen atoms in total. The van der Waals surface area contributed by atoms with Gasteiger partial charge in [0.2, 0.25) is 0 Å². The Kier molecular flexibility index (Phi) is 4.29. The van der Waals surface area contributed by atoms with Crippen molar-refractivity contribution in [2.45, 2.75) is 6.54 Å². The normalized spacial score (nSPS) is 10.0. The maximum absolute atomic E-state index is 8.56. The molecule has 0 atom stereocenters. The molecule has 0 unspecified atom stereocenters. The van der Waals surface area contributed by atoms with Crippen molar-refractivity contribution in [3.8, 4) is 5.75 Å². The molecule has 0 heterocycles. The number of benzene rings is 1. The molecule has 0 spiro atoms. The third-order valence-corrected chi connectivity index (χ3v) is 1.64. The minimum atomic E-state index is 0.0518. The minimum Gasteiger partial charge on any atom is -0.491 e. The summed E-state index contributed by atoms with van der Waals surface area (Å²) in [7, 11) is 1.90. The lowest BCUT2D eigenvalue weighted by molar-refractivity contribution is 0.201. The Bertz CT molecular complexity index is 250. The van der Waals surface area contributed by atoms with Gasteiger partial charge in [0.1, 0.15) is 12.4 Å². The van der Waals surface area contributed by atoms with Gasteiger partial charge < -0.3 is 15.2 Å². The van der Waals surface area contributed by atoms with Gasteiger partial charge in [0.05, 0.1) is 6.61 Å². The van der Waals surface area contributed by atoms with Gasteiger partial charge in [0.25, 0.3) is 0 Å². The average molecular weight is 181 g/mol. The summed E-state index contributed by atoms with van der Waals surface area (Å²) < 4.78 is 5.26. The Morgan fingerprint density at radius 1 is 1.46 bits per heavy atom. The quantitative estimate of drug-likeness (QED) is 0.705. The Morgan fingerprint density at radius 3 is 3.00 bits per heavy atom. The maximum atomic E-state index is 8.56. The molecule has 0 amide bonds. The first kappa shape index (κ1) is 10.0. The molecule has 1 aromatic carbocycles. The molecule has 0 saturated carbocycles. The minimum absolute atomic E-state index is 0.0518. The second-order valence-corrected chi connectivity index (χ2v) is 2.75. The summed E-state index contributed by atoms with van der Waals surface area (Å²) in [5.41, 5.74) is 1.18. The van der Waals surface area contributed by atoms with Crippen LogP contribution in [0.25, 0.3) is 0 Å². The highest BCUT2D eigenvalue weighted by Gasteiger charge is 1.94. The van der Waals surface area contributed by atoms with Crippen LogP contribution in [-0.4, -0.2) is 25.4 Å². The third kappa shape index (κ3) is 3.44. The monoisotopic (exact) mass is 181 g/mol. The van der Waals surface area contributed by atoms with E-state index in [0.29, 0.717) is 6.61 Å². The Labute approximate surface area is 78.3 Å². The van der Waals surface area contributed by atoms with Crippen molar-refractivity contribution in [2.75, 3.05) is 20.3 Å². The largest absolute Gasteiger partial charge is 0.491 e. The van der Waals surface area contributed by atoms with Gasteiger partial charge in [-0.25, -0.2) is 0 Å². The highest BCUT2D eigenvalue weighted by atomic mass is 16.5. The Hall–Kier alpha value is -1.06. The summed E-state index contributed by atoms with van der Waals surface area (Å²) in [6.07, 6.45) is 0. The van der Waals surface area contributed by atoms with Crippen LogP contribution in [0.1, 0.15) is 5.56 Å². The van der Waals surface area contributed by atoms with Crippen molar-refractivity contribution in [2.24, 2.45) is 0 Å². The number of ether oxygens (including phenoxy) is 1. The van der Waals surface area contributed by atoms with Gasteiger partial charge in [-0.1, -0.05) is 12.1 Å². The Morgan fingerprint density at radius 2 is 2.31 bits per heavy atom. The molecule has 0 aliphatic heterocycles. The summed E-state index contributed by atoms with van der Waals surface area (Å²) >= 11 is 0. The zero-order chi connectivity index (χ0) is 9.52. The first-order valence-corrected chi connectivity index (χ1v) is 4.34. The molecule has 1 rings (SSSR count). The second kappa shape index (κ2) is 5.56. The van der Waals surface area contributed by atoms with Gasteiger partial charge in [0.15, 0.2) is 0 Å². The predicted octanol–water partition coefficient (Wildman–Crippen LogP) is 0.777. The molecule has 0 bridgehead atoms. The van der Waals surface area contributed by atoms with Crippen molar-refractivity contribution in [3.05, 3.63) is 29.8 Å². The average Bonchev–Trinajstić information content (AvgIpc) is 2.16. The summed E-state index contributed by atoms with van der Waals surface area (Å²) in [5, 5.41) is 11.6. The van der Waals surface area contributed by atoms with E-state index in [1.54, 1.807) is 0 Å². The first-order chi connectivity index (χ1) is 6.36. The summed E-state index contributed by atoms with van der Waals surface area (Å²) in [6.45, 7) is 1.23. The lowest BCUT2D eigenvalue weighted by Crippen LogP contribution is -2.06. The third-order valence-electron chi connectivity index (χ3n) is 1.64. The second-order valence-electron chi connectivity index (χ2n) is 2.75. The van der Waals surface area contributed by atoms with E-state index < -0.39 is 0 Å². The van der Waals surface area contributed by atoms with Crippen LogP contribution < -0.4 is 10.1 Å². The summed E-state index contributed by atoms with van der Waals surface area (Å²) in [6, 6.07) is 7.82. The number of rotatable bonds is 5. The highest BCUT2D eigenvalue weighted by molar-refractivity contribution is 5.28. The van der Waals surface area contributed by atoms with Crippen molar-refractivity contribution < 1.29 is 9.84 Å². The number of hydrogen-bond donors (Lipinski definition) is 2. The molecule has 0 aliphatic rings. The molecular weight excluding hydrogens is 166 g/mol. The van der Waals surface area contributed by atoms with Gasteiger partial charge in [0, 0.05) is 6.54 Å². The van der Waals surface area contributed by atoms with Crippen LogP contribution in [0.15, 0.2) is 24.3 Å². The van der Waals surface area contributed by atoms with Crippen LogP contribution >= 0.6 is 0 Å². The van der Waals surface area contributed by atoms with E-state index >= 15 is 0 Å². The van der Waals surface area contributed by atoms with Gasteiger partial charge in [-0.3, -0.25) is 0 Å². The zero-order valence-corrected chi connectivity index (χ0v) is 7.79. The van der Waals surface area contributed by atoms with Crippen LogP contribution in [0.4, 0.5) is 0 Å². The van der Waals surface area contributed by atoms with E-state index in [4.69, 9.17) is 9.84 Å². The molecule has 0 fully saturated rings. The van der Waals surface area contributed by atoms with E-state index in [9.17, 15) is 0 Å². The van der Waals surface area contributed by atoms with Crippen LogP contribution in [0.3, 0.4) is 0 Å². The van der Waals surface area contributed by atoms with Gasteiger partial charge >= 0.3 is 0 Å². The maximum Gasteiger partial charge on any atom is 0.119 e. The molecule has 0 radical (unpaired) electrons. The van der Waals surface area contributed by atoms with Crippen molar-refractivity contribution in [1.82, 2.24) is 5.32 Å². The molecule has 2 N–H and O–H groups in total. The van der Waals surface area contributed by atoms with E-state index in [1.165, 1.54) is 5.56 Å². The number of nitrogens with one attached hydrogen (secondary N) is 1. The van der Waals surface area contributed by atoms with Crippen molar-refractivity contribution in [3.63, 3.8) is 0 Å². The fourth-order valence-electron chi connectivity index (χ4n) is 1.11. The van der Waals surface area contributed by atoms with E-state index in [0.717, 1.165) is 12.3 Å². The lowest BCUT2D eigenvalue weighted by Gasteiger charge is -2.05. The van der Waals surface area contributed by atoms with Crippen molar-refractivity contribution >= 4 is 0 Å². The summed E-state index contributed by atoms with van der Waals surface area (Å²) in [4.78, 5) is 0. The topological polar surface area (TPSA) is 41.5 Å². The number of hydrogen-bond acceptors (Lipinski definition) is 3. The van der Waals surface area contributed by atoms with Gasteiger partial charge in [-0.2, -0.15) is 0 Å². The smallest absolute Gasteiger partial charge is 0.119 e. The molecule has 13 heavy (non-hydrogen) atoms. The SMILES string of the molecule is CNCc1cccc(OCCO)c1. The first-order valence-electron chi connectivity index (χ1n) is 4.34. The molecular formula is C10H15NO2. The van der Waals surface area contributed by atoms with Crippen LogP contribution in [-0.2, 0) is 6.54 Å². The van der Waals surface area contributed by atoms with Gasteiger partial charge in [-0.05, 0) is 24.7 Å². The van der Waals surface area contributed by atoms with Crippen LogP contribution in [0, 0.1) is 0 Å².